The fourth-order valence-corrected chi connectivity index (χ4v) is 1.24. The predicted octanol–water partition coefficient (Wildman–Crippen LogP) is 1.07. The Labute approximate surface area is 64.5 Å². The Hall–Kier alpha value is -0.700. The average molecular weight is 156 g/mol. The lowest BCUT2D eigenvalue weighted by molar-refractivity contribution is -0.904. The van der Waals surface area contributed by atoms with Crippen LogP contribution in [0.25, 0.3) is 0 Å². The Bertz CT molecular complexity index is 197. The van der Waals surface area contributed by atoms with Gasteiger partial charge in [0.1, 0.15) is 0 Å². The number of hydrogen-bond acceptors (Lipinski definition) is 2. The van der Waals surface area contributed by atoms with Gasteiger partial charge in [-0.1, -0.05) is 0 Å². The van der Waals surface area contributed by atoms with E-state index in [4.69, 9.17) is 5.21 Å². The lowest BCUT2D eigenvalue weighted by Crippen LogP contribution is -2.27. The van der Waals surface area contributed by atoms with E-state index in [0.29, 0.717) is 0 Å². The van der Waals surface area contributed by atoms with Gasteiger partial charge in [0.15, 0.2) is 0 Å². The molecular formula is C7H10NOS+. The smallest absolute Gasteiger partial charge is 0.222 e. The van der Waals surface area contributed by atoms with Gasteiger partial charge in [-0.15, -0.1) is 0 Å². The van der Waals surface area contributed by atoms with Crippen molar-refractivity contribution < 1.29 is 9.94 Å². The molecular weight excluding hydrogens is 146 g/mol. The Balaban J connectivity index is 2.69. The van der Waals surface area contributed by atoms with Gasteiger partial charge in [-0.2, -0.15) is 11.8 Å². The van der Waals surface area contributed by atoms with Gasteiger partial charge in [-0.05, 0) is 11.8 Å². The van der Waals surface area contributed by atoms with E-state index in [2.05, 4.69) is 6.26 Å². The normalized spacial score (nSPS) is 9.70. The maximum Gasteiger partial charge on any atom is 0.222 e. The van der Waals surface area contributed by atoms with Gasteiger partial charge in [0.2, 0.25) is 12.4 Å². The molecule has 0 unspecified atom stereocenters. The molecule has 0 saturated heterocycles. The Morgan fingerprint density at radius 2 is 2.10 bits per heavy atom. The van der Waals surface area contributed by atoms with E-state index >= 15 is 0 Å². The molecule has 2 nitrogen and oxygen atoms in total. The molecule has 0 bridgehead atoms. The van der Waals surface area contributed by atoms with Gasteiger partial charge in [0.25, 0.3) is 0 Å². The van der Waals surface area contributed by atoms with E-state index < -0.39 is 0 Å². The second-order valence-corrected chi connectivity index (χ2v) is 2.89. The highest BCUT2D eigenvalue weighted by molar-refractivity contribution is 7.97. The van der Waals surface area contributed by atoms with Gasteiger partial charge in [-0.25, -0.2) is 0 Å². The SMILES string of the molecule is CSCc1cc[n+](O)cc1. The summed E-state index contributed by atoms with van der Waals surface area (Å²) in [6, 6.07) is 3.80. The predicted molar refractivity (Wildman–Crippen MR) is 41.0 cm³/mol. The van der Waals surface area contributed by atoms with E-state index in [1.54, 1.807) is 24.2 Å². The van der Waals surface area contributed by atoms with Crippen LogP contribution in [0.3, 0.4) is 0 Å². The summed E-state index contributed by atoms with van der Waals surface area (Å²) >= 11 is 1.77. The summed E-state index contributed by atoms with van der Waals surface area (Å²) in [5.41, 5.74) is 1.23. The van der Waals surface area contributed by atoms with Crippen LogP contribution in [0.5, 0.6) is 0 Å². The molecule has 1 rings (SSSR count). The fraction of sp³-hybridized carbons (Fsp3) is 0.286. The molecule has 0 aliphatic heterocycles. The number of nitrogens with zero attached hydrogens (tertiary/aromatic N) is 1. The minimum Gasteiger partial charge on any atom is -0.285 e. The molecule has 1 aromatic rings. The van der Waals surface area contributed by atoms with Crippen molar-refractivity contribution >= 4 is 11.8 Å². The average Bonchev–Trinajstić information content (AvgIpc) is 1.95. The topological polar surface area (TPSA) is 24.1 Å². The maximum atomic E-state index is 8.83. The summed E-state index contributed by atoms with van der Waals surface area (Å²) in [6.45, 7) is 0. The summed E-state index contributed by atoms with van der Waals surface area (Å²) in [4.78, 5) is 0. The molecule has 1 heterocycles. The Morgan fingerprint density at radius 3 is 2.60 bits per heavy atom. The molecule has 0 radical (unpaired) electrons. The van der Waals surface area contributed by atoms with Crippen molar-refractivity contribution in [2.24, 2.45) is 0 Å². The van der Waals surface area contributed by atoms with Crippen molar-refractivity contribution in [2.45, 2.75) is 5.75 Å². The molecule has 0 fully saturated rings. The van der Waals surface area contributed by atoms with E-state index in [9.17, 15) is 0 Å². The van der Waals surface area contributed by atoms with Crippen molar-refractivity contribution in [1.29, 1.82) is 0 Å². The molecule has 54 valence electrons. The quantitative estimate of drug-likeness (QED) is 0.511. The van der Waals surface area contributed by atoms with Gasteiger partial charge in [0, 0.05) is 22.6 Å². The summed E-state index contributed by atoms with van der Waals surface area (Å²) in [5.74, 6) is 1.00. The summed E-state index contributed by atoms with van der Waals surface area (Å²) in [5, 5.41) is 8.83. The van der Waals surface area contributed by atoms with E-state index in [1.807, 2.05) is 12.1 Å². The number of thioether (sulfide) groups is 1. The van der Waals surface area contributed by atoms with E-state index in [0.717, 1.165) is 10.5 Å². The van der Waals surface area contributed by atoms with Gasteiger partial charge < -0.3 is 0 Å². The number of rotatable bonds is 2. The molecule has 0 aliphatic rings. The molecule has 1 N–H and O–H groups in total. The van der Waals surface area contributed by atoms with Crippen LogP contribution < -0.4 is 4.73 Å². The van der Waals surface area contributed by atoms with E-state index in [1.165, 1.54) is 5.56 Å². The summed E-state index contributed by atoms with van der Waals surface area (Å²) in [6.07, 6.45) is 5.32. The van der Waals surface area contributed by atoms with Crippen LogP contribution in [-0.4, -0.2) is 11.5 Å². The first-order valence-corrected chi connectivity index (χ1v) is 4.40. The molecule has 10 heavy (non-hydrogen) atoms. The second-order valence-electron chi connectivity index (χ2n) is 2.02. The zero-order valence-corrected chi connectivity index (χ0v) is 6.64. The molecule has 0 spiro atoms. The molecule has 0 saturated carbocycles. The van der Waals surface area contributed by atoms with Crippen LogP contribution in [-0.2, 0) is 5.75 Å². The zero-order valence-electron chi connectivity index (χ0n) is 5.82. The van der Waals surface area contributed by atoms with Crippen LogP contribution in [0, 0.1) is 0 Å². The van der Waals surface area contributed by atoms with Gasteiger partial charge in [0.05, 0.1) is 0 Å². The lowest BCUT2D eigenvalue weighted by atomic mass is 10.3. The first-order chi connectivity index (χ1) is 4.83. The Kier molecular flexibility index (Phi) is 2.57. The van der Waals surface area contributed by atoms with Crippen molar-refractivity contribution in [3.8, 4) is 0 Å². The maximum absolute atomic E-state index is 8.83. The minimum atomic E-state index is 1.00. The Morgan fingerprint density at radius 1 is 1.50 bits per heavy atom. The van der Waals surface area contributed by atoms with Crippen molar-refractivity contribution in [3.05, 3.63) is 30.1 Å². The third kappa shape index (κ3) is 1.92. The number of aromatic nitrogens is 1. The zero-order chi connectivity index (χ0) is 7.40. The fourth-order valence-electron chi connectivity index (χ4n) is 0.712. The number of pyridine rings is 1. The molecule has 0 amide bonds. The molecule has 0 aromatic carbocycles. The van der Waals surface area contributed by atoms with Crippen LogP contribution >= 0.6 is 11.8 Å². The third-order valence-electron chi connectivity index (χ3n) is 1.19. The molecule has 1 aromatic heterocycles. The van der Waals surface area contributed by atoms with Gasteiger partial charge >= 0.3 is 0 Å². The van der Waals surface area contributed by atoms with Crippen molar-refractivity contribution in [2.75, 3.05) is 6.26 Å². The monoisotopic (exact) mass is 156 g/mol. The van der Waals surface area contributed by atoms with Crippen LogP contribution in [0.4, 0.5) is 0 Å². The highest BCUT2D eigenvalue weighted by atomic mass is 32.2. The lowest BCUT2D eigenvalue weighted by Gasteiger charge is -1.92. The highest BCUT2D eigenvalue weighted by Crippen LogP contribution is 2.05. The second kappa shape index (κ2) is 3.46. The van der Waals surface area contributed by atoms with Crippen LogP contribution in [0.15, 0.2) is 24.5 Å². The molecule has 0 aliphatic carbocycles. The standard InChI is InChI=1S/C7H10NOS/c1-10-6-7-2-4-8(9)5-3-7/h2-5,9H,6H2,1H3/q+1. The molecule has 0 atom stereocenters. The third-order valence-corrected chi connectivity index (χ3v) is 1.82. The molecule has 3 heteroatoms. The van der Waals surface area contributed by atoms with Crippen LogP contribution in [0.2, 0.25) is 0 Å². The minimum absolute atomic E-state index is 1.00. The van der Waals surface area contributed by atoms with Crippen molar-refractivity contribution in [3.63, 3.8) is 0 Å². The summed E-state index contributed by atoms with van der Waals surface area (Å²) in [7, 11) is 0. The summed E-state index contributed by atoms with van der Waals surface area (Å²) < 4.78 is 1.05. The highest BCUT2D eigenvalue weighted by Gasteiger charge is 1.95. The number of hydrogen-bond donors (Lipinski definition) is 1. The first-order valence-electron chi connectivity index (χ1n) is 3.01. The first kappa shape index (κ1) is 7.41. The van der Waals surface area contributed by atoms with Gasteiger partial charge in [-0.3, -0.25) is 5.21 Å². The largest absolute Gasteiger partial charge is 0.285 e. The van der Waals surface area contributed by atoms with Crippen LogP contribution in [0.1, 0.15) is 5.56 Å². The van der Waals surface area contributed by atoms with Crippen molar-refractivity contribution in [1.82, 2.24) is 0 Å². The van der Waals surface area contributed by atoms with E-state index in [-0.39, 0.29) is 0 Å².